The molecule has 0 saturated heterocycles. The molecule has 0 aliphatic heterocycles. The van der Waals surface area contributed by atoms with Crippen LogP contribution in [0, 0.1) is 0 Å². The zero-order chi connectivity index (χ0) is 18.9. The Kier molecular flexibility index (Phi) is 6.79. The van der Waals surface area contributed by atoms with Gasteiger partial charge < -0.3 is 19.9 Å². The van der Waals surface area contributed by atoms with Gasteiger partial charge in [-0.25, -0.2) is 4.79 Å². The maximum atomic E-state index is 12.1. The third-order valence-corrected chi connectivity index (χ3v) is 3.72. The first-order chi connectivity index (χ1) is 12.5. The van der Waals surface area contributed by atoms with Crippen LogP contribution in [-0.4, -0.2) is 37.2 Å². The quantitative estimate of drug-likeness (QED) is 0.588. The summed E-state index contributed by atoms with van der Waals surface area (Å²) in [6.07, 6.45) is 3.26. The average Bonchev–Trinajstić information content (AvgIpc) is 2.67. The molecule has 2 rings (SSSR count). The lowest BCUT2D eigenvalue weighted by Gasteiger charge is -2.15. The first kappa shape index (κ1) is 19.1. The first-order valence-electron chi connectivity index (χ1n) is 8.00. The molecule has 0 fully saturated rings. The summed E-state index contributed by atoms with van der Waals surface area (Å²) in [5.74, 6) is -0.0830. The number of methoxy groups -OCH3 is 2. The largest absolute Gasteiger partial charge is 0.508 e. The van der Waals surface area contributed by atoms with Crippen molar-refractivity contribution in [2.75, 3.05) is 14.2 Å². The van der Waals surface area contributed by atoms with Gasteiger partial charge in [0.1, 0.15) is 17.5 Å². The summed E-state index contributed by atoms with van der Waals surface area (Å²) in [6.45, 7) is 0. The molecule has 6 heteroatoms. The molecular formula is C20H21NO5. The van der Waals surface area contributed by atoms with Crippen LogP contribution in [0.4, 0.5) is 0 Å². The number of amides is 1. The highest BCUT2D eigenvalue weighted by Gasteiger charge is 2.21. The minimum absolute atomic E-state index is 0.134. The maximum absolute atomic E-state index is 12.1. The van der Waals surface area contributed by atoms with Crippen molar-refractivity contribution in [2.24, 2.45) is 0 Å². The smallest absolute Gasteiger partial charge is 0.328 e. The monoisotopic (exact) mass is 355 g/mol. The summed E-state index contributed by atoms with van der Waals surface area (Å²) in [4.78, 5) is 24.1. The van der Waals surface area contributed by atoms with Gasteiger partial charge in [0.2, 0.25) is 5.91 Å². The predicted molar refractivity (Wildman–Crippen MR) is 97.8 cm³/mol. The summed E-state index contributed by atoms with van der Waals surface area (Å²) in [6, 6.07) is 12.8. The van der Waals surface area contributed by atoms with E-state index in [-0.39, 0.29) is 12.2 Å². The third-order valence-electron chi connectivity index (χ3n) is 3.72. The van der Waals surface area contributed by atoms with Crippen molar-refractivity contribution in [3.05, 3.63) is 65.7 Å². The highest BCUT2D eigenvalue weighted by molar-refractivity contribution is 5.94. The Morgan fingerprint density at radius 1 is 1.08 bits per heavy atom. The number of esters is 1. The molecule has 0 unspecified atom stereocenters. The third kappa shape index (κ3) is 5.66. The number of hydrogen-bond donors (Lipinski definition) is 2. The molecule has 0 spiro atoms. The lowest BCUT2D eigenvalue weighted by molar-refractivity contribution is -0.144. The van der Waals surface area contributed by atoms with Crippen molar-refractivity contribution < 1.29 is 24.2 Å². The number of hydrogen-bond acceptors (Lipinski definition) is 5. The number of ether oxygens (including phenoxy) is 2. The van der Waals surface area contributed by atoms with Gasteiger partial charge in [0.25, 0.3) is 0 Å². The SMILES string of the molecule is COC(=O)[C@H](Cc1ccc(O)cc1)NC(=O)C=Cc1ccc(OC)cc1. The zero-order valence-electron chi connectivity index (χ0n) is 14.6. The molecule has 0 aliphatic carbocycles. The van der Waals surface area contributed by atoms with Crippen molar-refractivity contribution >= 4 is 18.0 Å². The van der Waals surface area contributed by atoms with Crippen LogP contribution in [0.25, 0.3) is 6.08 Å². The van der Waals surface area contributed by atoms with Gasteiger partial charge in [0, 0.05) is 12.5 Å². The Balaban J connectivity index is 2.01. The minimum atomic E-state index is -0.822. The van der Waals surface area contributed by atoms with Crippen molar-refractivity contribution in [2.45, 2.75) is 12.5 Å². The minimum Gasteiger partial charge on any atom is -0.508 e. The number of rotatable bonds is 7. The second-order valence-corrected chi connectivity index (χ2v) is 5.56. The van der Waals surface area contributed by atoms with Crippen LogP contribution in [-0.2, 0) is 20.7 Å². The van der Waals surface area contributed by atoms with Gasteiger partial charge in [0.05, 0.1) is 14.2 Å². The van der Waals surface area contributed by atoms with E-state index < -0.39 is 17.9 Å². The summed E-state index contributed by atoms with van der Waals surface area (Å²) in [5.41, 5.74) is 1.62. The fourth-order valence-electron chi connectivity index (χ4n) is 2.31. The number of benzene rings is 2. The van der Waals surface area contributed by atoms with E-state index in [0.717, 1.165) is 16.9 Å². The fourth-order valence-corrected chi connectivity index (χ4v) is 2.31. The molecule has 2 N–H and O–H groups in total. The highest BCUT2D eigenvalue weighted by atomic mass is 16.5. The standard InChI is InChI=1S/C20H21NO5/c1-25-17-10-5-14(6-11-17)7-12-19(23)21-18(20(24)26-2)13-15-3-8-16(22)9-4-15/h3-12,18,22H,13H2,1-2H3,(H,21,23)/t18-/m0/s1. The Labute approximate surface area is 152 Å². The van der Waals surface area contributed by atoms with Crippen molar-refractivity contribution in [1.82, 2.24) is 5.32 Å². The van der Waals surface area contributed by atoms with Gasteiger partial charge in [-0.1, -0.05) is 24.3 Å². The first-order valence-corrected chi connectivity index (χ1v) is 8.00. The molecule has 2 aromatic rings. The summed E-state index contributed by atoms with van der Waals surface area (Å²) in [5, 5.41) is 12.0. The van der Waals surface area contributed by atoms with Crippen LogP contribution >= 0.6 is 0 Å². The second-order valence-electron chi connectivity index (χ2n) is 5.56. The molecule has 0 radical (unpaired) electrons. The number of nitrogens with one attached hydrogen (secondary N) is 1. The van der Waals surface area contributed by atoms with Gasteiger partial charge in [-0.2, -0.15) is 0 Å². The highest BCUT2D eigenvalue weighted by Crippen LogP contribution is 2.13. The number of phenols is 1. The molecule has 0 aromatic heterocycles. The van der Waals surface area contributed by atoms with E-state index in [1.165, 1.54) is 25.3 Å². The van der Waals surface area contributed by atoms with Crippen LogP contribution in [0.2, 0.25) is 0 Å². The van der Waals surface area contributed by atoms with Gasteiger partial charge in [-0.05, 0) is 41.5 Å². The average molecular weight is 355 g/mol. The van der Waals surface area contributed by atoms with E-state index in [4.69, 9.17) is 9.47 Å². The topological polar surface area (TPSA) is 84.9 Å². The van der Waals surface area contributed by atoms with Crippen molar-refractivity contribution in [3.63, 3.8) is 0 Å². The molecule has 136 valence electrons. The summed E-state index contributed by atoms with van der Waals surface area (Å²) in [7, 11) is 2.85. The van der Waals surface area contributed by atoms with Gasteiger partial charge in [-0.3, -0.25) is 4.79 Å². The van der Waals surface area contributed by atoms with Gasteiger partial charge in [-0.15, -0.1) is 0 Å². The van der Waals surface area contributed by atoms with E-state index in [1.807, 2.05) is 12.1 Å². The molecular weight excluding hydrogens is 334 g/mol. The fraction of sp³-hybridized carbons (Fsp3) is 0.200. The lowest BCUT2D eigenvalue weighted by atomic mass is 10.1. The molecule has 0 heterocycles. The zero-order valence-corrected chi connectivity index (χ0v) is 14.6. The molecule has 6 nitrogen and oxygen atoms in total. The summed E-state index contributed by atoms with van der Waals surface area (Å²) >= 11 is 0. The number of carbonyl (C=O) groups is 2. The molecule has 2 aromatic carbocycles. The molecule has 1 amide bonds. The van der Waals surface area contributed by atoms with Crippen LogP contribution in [0.15, 0.2) is 54.6 Å². The molecule has 0 saturated carbocycles. The maximum Gasteiger partial charge on any atom is 0.328 e. The van der Waals surface area contributed by atoms with Gasteiger partial charge in [0.15, 0.2) is 0 Å². The number of aromatic hydroxyl groups is 1. The Morgan fingerprint density at radius 3 is 2.31 bits per heavy atom. The van der Waals surface area contributed by atoms with Crippen LogP contribution < -0.4 is 10.1 Å². The summed E-state index contributed by atoms with van der Waals surface area (Å²) < 4.78 is 9.84. The van der Waals surface area contributed by atoms with E-state index in [9.17, 15) is 14.7 Å². The predicted octanol–water partition coefficient (Wildman–Crippen LogP) is 2.31. The van der Waals surface area contributed by atoms with Crippen molar-refractivity contribution in [1.29, 1.82) is 0 Å². The van der Waals surface area contributed by atoms with E-state index >= 15 is 0 Å². The Morgan fingerprint density at radius 2 is 1.73 bits per heavy atom. The van der Waals surface area contributed by atoms with Crippen LogP contribution in [0.5, 0.6) is 11.5 Å². The molecule has 0 aliphatic rings. The van der Waals surface area contributed by atoms with Crippen LogP contribution in [0.1, 0.15) is 11.1 Å². The number of phenolic OH excluding ortho intramolecular Hbond substituents is 1. The van der Waals surface area contributed by atoms with Crippen molar-refractivity contribution in [3.8, 4) is 11.5 Å². The Bertz CT molecular complexity index is 766. The van der Waals surface area contributed by atoms with Crippen LogP contribution in [0.3, 0.4) is 0 Å². The molecule has 0 bridgehead atoms. The van der Waals surface area contributed by atoms with Gasteiger partial charge >= 0.3 is 5.97 Å². The molecule has 1 atom stereocenters. The molecule has 26 heavy (non-hydrogen) atoms. The van der Waals surface area contributed by atoms with E-state index in [1.54, 1.807) is 37.5 Å². The van der Waals surface area contributed by atoms with E-state index in [0.29, 0.717) is 0 Å². The number of carbonyl (C=O) groups excluding carboxylic acids is 2. The Hall–Kier alpha value is -3.28. The van der Waals surface area contributed by atoms with E-state index in [2.05, 4.69) is 5.32 Å². The normalized spacial score (nSPS) is 11.8. The lowest BCUT2D eigenvalue weighted by Crippen LogP contribution is -2.42. The second kappa shape index (κ2) is 9.27.